The summed E-state index contributed by atoms with van der Waals surface area (Å²) in [7, 11) is 1.57. The molecule has 0 saturated carbocycles. The van der Waals surface area contributed by atoms with Crippen molar-refractivity contribution in [3.05, 3.63) is 71.8 Å². The SMILES string of the molecule is COC1O[C@@H](C)[C@H](O)C(OCc2ccccc2)C1OCc1ccccc1. The summed E-state index contributed by atoms with van der Waals surface area (Å²) in [5, 5.41) is 10.6. The molecule has 5 heteroatoms. The molecule has 3 unspecified atom stereocenters. The van der Waals surface area contributed by atoms with E-state index in [4.69, 9.17) is 18.9 Å². The molecule has 1 heterocycles. The first-order valence-electron chi connectivity index (χ1n) is 8.86. The Morgan fingerprint density at radius 2 is 1.35 bits per heavy atom. The summed E-state index contributed by atoms with van der Waals surface area (Å²) in [4.78, 5) is 0. The Morgan fingerprint density at radius 3 is 1.85 bits per heavy atom. The van der Waals surface area contributed by atoms with Gasteiger partial charge in [-0.2, -0.15) is 0 Å². The van der Waals surface area contributed by atoms with Crippen molar-refractivity contribution in [1.29, 1.82) is 0 Å². The molecule has 1 fully saturated rings. The minimum atomic E-state index is -0.800. The zero-order chi connectivity index (χ0) is 18.4. The van der Waals surface area contributed by atoms with Crippen molar-refractivity contribution in [2.24, 2.45) is 0 Å². The highest BCUT2D eigenvalue weighted by Crippen LogP contribution is 2.27. The summed E-state index contributed by atoms with van der Waals surface area (Å²) >= 11 is 0. The summed E-state index contributed by atoms with van der Waals surface area (Å²) in [5.74, 6) is 0. The number of ether oxygens (including phenoxy) is 4. The van der Waals surface area contributed by atoms with Crippen LogP contribution in [-0.4, -0.2) is 42.9 Å². The monoisotopic (exact) mass is 358 g/mol. The van der Waals surface area contributed by atoms with Gasteiger partial charge < -0.3 is 24.1 Å². The lowest BCUT2D eigenvalue weighted by molar-refractivity contribution is -0.307. The maximum Gasteiger partial charge on any atom is 0.186 e. The highest BCUT2D eigenvalue weighted by Gasteiger charge is 2.45. The number of aliphatic hydroxyl groups excluding tert-OH is 1. The Hall–Kier alpha value is -1.76. The van der Waals surface area contributed by atoms with Gasteiger partial charge in [0.2, 0.25) is 0 Å². The standard InChI is InChI=1S/C21H26O5/c1-15-18(22)19(24-13-16-9-5-3-6-10-16)20(21(23-2)26-15)25-14-17-11-7-4-8-12-17/h3-12,15,18-22H,13-14H2,1-2H3/t15-,18-,19?,20?,21?/m0/s1. The first kappa shape index (κ1) is 19.0. The third-order valence-corrected chi connectivity index (χ3v) is 4.56. The number of aliphatic hydroxyl groups is 1. The van der Waals surface area contributed by atoms with Crippen LogP contribution in [0.2, 0.25) is 0 Å². The third-order valence-electron chi connectivity index (χ3n) is 4.56. The normalized spacial score (nSPS) is 28.8. The van der Waals surface area contributed by atoms with Crippen molar-refractivity contribution in [2.75, 3.05) is 7.11 Å². The molecule has 0 amide bonds. The van der Waals surface area contributed by atoms with Gasteiger partial charge in [-0.1, -0.05) is 60.7 Å². The van der Waals surface area contributed by atoms with E-state index in [2.05, 4.69) is 0 Å². The fraction of sp³-hybridized carbons (Fsp3) is 0.429. The number of benzene rings is 2. The second-order valence-corrected chi connectivity index (χ2v) is 6.46. The summed E-state index contributed by atoms with van der Waals surface area (Å²) in [5.41, 5.74) is 2.08. The zero-order valence-electron chi connectivity index (χ0n) is 15.2. The van der Waals surface area contributed by atoms with Crippen LogP contribution < -0.4 is 0 Å². The average molecular weight is 358 g/mol. The molecule has 1 aliphatic heterocycles. The van der Waals surface area contributed by atoms with Crippen LogP contribution >= 0.6 is 0 Å². The Bertz CT molecular complexity index is 604. The van der Waals surface area contributed by atoms with Gasteiger partial charge in [-0.25, -0.2) is 0 Å². The van der Waals surface area contributed by atoms with Gasteiger partial charge in [-0.3, -0.25) is 0 Å². The van der Waals surface area contributed by atoms with Crippen molar-refractivity contribution in [2.45, 2.75) is 50.8 Å². The molecular weight excluding hydrogens is 332 g/mol. The molecule has 5 atom stereocenters. The Kier molecular flexibility index (Phi) is 6.77. The molecule has 2 aromatic rings. The predicted octanol–water partition coefficient (Wildman–Crippen LogP) is 2.91. The van der Waals surface area contributed by atoms with Crippen molar-refractivity contribution >= 4 is 0 Å². The minimum absolute atomic E-state index is 0.386. The molecule has 2 aromatic carbocycles. The summed E-state index contributed by atoms with van der Waals surface area (Å²) in [6.07, 6.45) is -2.89. The van der Waals surface area contributed by atoms with Crippen LogP contribution in [0.5, 0.6) is 0 Å². The molecule has 26 heavy (non-hydrogen) atoms. The third kappa shape index (κ3) is 4.69. The van der Waals surface area contributed by atoms with Gasteiger partial charge in [0, 0.05) is 7.11 Å². The molecule has 1 N–H and O–H groups in total. The summed E-state index contributed by atoms with van der Waals surface area (Å²) < 4.78 is 23.3. The van der Waals surface area contributed by atoms with Gasteiger partial charge in [-0.15, -0.1) is 0 Å². The van der Waals surface area contributed by atoms with Gasteiger partial charge in [0.1, 0.15) is 18.3 Å². The fourth-order valence-electron chi connectivity index (χ4n) is 3.08. The number of rotatable bonds is 7. The van der Waals surface area contributed by atoms with Gasteiger partial charge in [0.25, 0.3) is 0 Å². The number of hydrogen-bond acceptors (Lipinski definition) is 5. The van der Waals surface area contributed by atoms with Crippen LogP contribution in [0, 0.1) is 0 Å². The Labute approximate surface area is 154 Å². The molecule has 1 saturated heterocycles. The predicted molar refractivity (Wildman–Crippen MR) is 97.4 cm³/mol. The van der Waals surface area contributed by atoms with E-state index in [1.54, 1.807) is 7.11 Å². The van der Waals surface area contributed by atoms with Crippen molar-refractivity contribution in [3.63, 3.8) is 0 Å². The van der Waals surface area contributed by atoms with E-state index < -0.39 is 30.7 Å². The largest absolute Gasteiger partial charge is 0.388 e. The quantitative estimate of drug-likeness (QED) is 0.825. The van der Waals surface area contributed by atoms with Crippen LogP contribution in [0.25, 0.3) is 0 Å². The zero-order valence-corrected chi connectivity index (χ0v) is 15.2. The van der Waals surface area contributed by atoms with Gasteiger partial charge in [0.15, 0.2) is 6.29 Å². The van der Waals surface area contributed by atoms with Gasteiger partial charge in [0.05, 0.1) is 19.3 Å². The smallest absolute Gasteiger partial charge is 0.186 e. The van der Waals surface area contributed by atoms with Crippen LogP contribution in [0.1, 0.15) is 18.1 Å². The molecule has 0 radical (unpaired) electrons. The molecule has 3 rings (SSSR count). The van der Waals surface area contributed by atoms with Crippen LogP contribution in [0.4, 0.5) is 0 Å². The highest BCUT2D eigenvalue weighted by atomic mass is 16.7. The molecule has 0 aliphatic carbocycles. The average Bonchev–Trinajstić information content (AvgIpc) is 2.69. The molecule has 140 valence electrons. The molecule has 5 nitrogen and oxygen atoms in total. The minimum Gasteiger partial charge on any atom is -0.388 e. The molecular formula is C21H26O5. The fourth-order valence-corrected chi connectivity index (χ4v) is 3.08. The number of hydrogen-bond donors (Lipinski definition) is 1. The number of methoxy groups -OCH3 is 1. The van der Waals surface area contributed by atoms with E-state index in [9.17, 15) is 5.11 Å². The van der Waals surface area contributed by atoms with E-state index in [0.29, 0.717) is 13.2 Å². The van der Waals surface area contributed by atoms with Crippen molar-refractivity contribution in [1.82, 2.24) is 0 Å². The molecule has 0 bridgehead atoms. The van der Waals surface area contributed by atoms with Gasteiger partial charge >= 0.3 is 0 Å². The van der Waals surface area contributed by atoms with Crippen LogP contribution in [-0.2, 0) is 32.2 Å². The lowest BCUT2D eigenvalue weighted by Crippen LogP contribution is -2.59. The van der Waals surface area contributed by atoms with E-state index >= 15 is 0 Å². The van der Waals surface area contributed by atoms with Crippen LogP contribution in [0.3, 0.4) is 0 Å². The molecule has 0 aromatic heterocycles. The van der Waals surface area contributed by atoms with E-state index in [-0.39, 0.29) is 0 Å². The molecule has 0 spiro atoms. The lowest BCUT2D eigenvalue weighted by Gasteiger charge is -2.42. The second kappa shape index (κ2) is 9.26. The second-order valence-electron chi connectivity index (χ2n) is 6.46. The topological polar surface area (TPSA) is 57.2 Å². The lowest BCUT2D eigenvalue weighted by atomic mass is 9.99. The van der Waals surface area contributed by atoms with E-state index in [0.717, 1.165) is 11.1 Å². The molecule has 1 aliphatic rings. The maximum atomic E-state index is 10.6. The van der Waals surface area contributed by atoms with Crippen molar-refractivity contribution in [3.8, 4) is 0 Å². The first-order chi connectivity index (χ1) is 12.7. The van der Waals surface area contributed by atoms with Crippen molar-refractivity contribution < 1.29 is 24.1 Å². The summed E-state index contributed by atoms with van der Waals surface area (Å²) in [6.45, 7) is 2.58. The summed E-state index contributed by atoms with van der Waals surface area (Å²) in [6, 6.07) is 19.7. The maximum absolute atomic E-state index is 10.6. The van der Waals surface area contributed by atoms with Gasteiger partial charge in [-0.05, 0) is 18.1 Å². The Morgan fingerprint density at radius 1 is 0.846 bits per heavy atom. The van der Waals surface area contributed by atoms with Crippen LogP contribution in [0.15, 0.2) is 60.7 Å². The highest BCUT2D eigenvalue weighted by molar-refractivity contribution is 5.14. The van der Waals surface area contributed by atoms with E-state index in [1.807, 2.05) is 67.6 Å². The van der Waals surface area contributed by atoms with E-state index in [1.165, 1.54) is 0 Å². The first-order valence-corrected chi connectivity index (χ1v) is 8.86. The Balaban J connectivity index is 1.71.